The Kier molecular flexibility index (Phi) is 5.72. The topological polar surface area (TPSA) is 58.6 Å². The first-order valence-electron chi connectivity index (χ1n) is 7.22. The molecule has 1 atom stereocenters. The number of hydrogen-bond donors (Lipinski definition) is 2. The van der Waals surface area contributed by atoms with Crippen LogP contribution in [0.15, 0.2) is 42.5 Å². The second kappa shape index (κ2) is 7.76. The molecule has 0 saturated heterocycles. The van der Waals surface area contributed by atoms with Crippen LogP contribution in [0.4, 0.5) is 0 Å². The first kappa shape index (κ1) is 15.5. The Labute approximate surface area is 124 Å². The van der Waals surface area contributed by atoms with Gasteiger partial charge in [-0.05, 0) is 28.8 Å². The van der Waals surface area contributed by atoms with Gasteiger partial charge in [-0.2, -0.15) is 0 Å². The van der Waals surface area contributed by atoms with Gasteiger partial charge in [-0.25, -0.2) is 0 Å². The van der Waals surface area contributed by atoms with Gasteiger partial charge in [0.15, 0.2) is 0 Å². The minimum Gasteiger partial charge on any atom is -0.387 e. The summed E-state index contributed by atoms with van der Waals surface area (Å²) in [5.41, 5.74) is 0.795. The number of aliphatic hydroxyl groups excluding tert-OH is 1. The van der Waals surface area contributed by atoms with Gasteiger partial charge in [-0.3, -0.25) is 4.79 Å². The van der Waals surface area contributed by atoms with Crippen LogP contribution in [-0.2, 0) is 9.53 Å². The van der Waals surface area contributed by atoms with Crippen LogP contribution in [0.5, 0.6) is 0 Å². The third-order valence-electron chi connectivity index (χ3n) is 3.23. The number of carbonyl (C=O) groups excluding carboxylic acids is 1. The normalized spacial score (nSPS) is 12.3. The average molecular weight is 287 g/mol. The Bertz CT molecular complexity index is 597. The summed E-state index contributed by atoms with van der Waals surface area (Å²) >= 11 is 0. The molecule has 0 spiro atoms. The van der Waals surface area contributed by atoms with Crippen molar-refractivity contribution in [2.24, 2.45) is 0 Å². The Morgan fingerprint density at radius 1 is 1.24 bits per heavy atom. The van der Waals surface area contributed by atoms with Crippen molar-refractivity contribution >= 4 is 16.7 Å². The van der Waals surface area contributed by atoms with E-state index in [2.05, 4.69) is 5.32 Å². The van der Waals surface area contributed by atoms with Gasteiger partial charge in [0.1, 0.15) is 6.61 Å². The standard InChI is InChI=1S/C17H21NO3/c1-2-9-21-12-17(20)18-11-16(19)15-8-7-13-5-3-4-6-14(13)10-15/h3-8,10,16,19H,2,9,11-12H2,1H3,(H,18,20). The van der Waals surface area contributed by atoms with E-state index in [0.717, 1.165) is 22.8 Å². The van der Waals surface area contributed by atoms with Crippen LogP contribution in [0.2, 0.25) is 0 Å². The summed E-state index contributed by atoms with van der Waals surface area (Å²) < 4.78 is 5.15. The predicted molar refractivity (Wildman–Crippen MR) is 83.0 cm³/mol. The van der Waals surface area contributed by atoms with Crippen LogP contribution < -0.4 is 5.32 Å². The van der Waals surface area contributed by atoms with Gasteiger partial charge in [0.2, 0.25) is 5.91 Å². The maximum atomic E-state index is 11.5. The molecule has 21 heavy (non-hydrogen) atoms. The number of aliphatic hydroxyl groups is 1. The highest BCUT2D eigenvalue weighted by Gasteiger charge is 2.10. The SMILES string of the molecule is CCCOCC(=O)NCC(O)c1ccc2ccccc2c1. The van der Waals surface area contributed by atoms with E-state index >= 15 is 0 Å². The summed E-state index contributed by atoms with van der Waals surface area (Å²) in [6.45, 7) is 2.78. The summed E-state index contributed by atoms with van der Waals surface area (Å²) in [7, 11) is 0. The van der Waals surface area contributed by atoms with Gasteiger partial charge in [0.05, 0.1) is 6.10 Å². The van der Waals surface area contributed by atoms with Gasteiger partial charge in [0, 0.05) is 13.2 Å². The van der Waals surface area contributed by atoms with E-state index in [4.69, 9.17) is 4.74 Å². The fourth-order valence-corrected chi connectivity index (χ4v) is 2.10. The number of amides is 1. The van der Waals surface area contributed by atoms with E-state index in [1.165, 1.54) is 0 Å². The van der Waals surface area contributed by atoms with Crippen LogP contribution in [-0.4, -0.2) is 30.8 Å². The van der Waals surface area contributed by atoms with Gasteiger partial charge in [0.25, 0.3) is 0 Å². The molecule has 112 valence electrons. The monoisotopic (exact) mass is 287 g/mol. The number of nitrogens with one attached hydrogen (secondary N) is 1. The fourth-order valence-electron chi connectivity index (χ4n) is 2.10. The van der Waals surface area contributed by atoms with Crippen molar-refractivity contribution in [2.45, 2.75) is 19.4 Å². The first-order valence-corrected chi connectivity index (χ1v) is 7.22. The Balaban J connectivity index is 1.89. The lowest BCUT2D eigenvalue weighted by Crippen LogP contribution is -2.31. The van der Waals surface area contributed by atoms with Gasteiger partial charge in [-0.1, -0.05) is 43.3 Å². The zero-order chi connectivity index (χ0) is 15.1. The predicted octanol–water partition coefficient (Wildman–Crippen LogP) is 2.42. The molecule has 1 unspecified atom stereocenters. The number of fused-ring (bicyclic) bond motifs is 1. The van der Waals surface area contributed by atoms with Crippen LogP contribution >= 0.6 is 0 Å². The number of carbonyl (C=O) groups is 1. The summed E-state index contributed by atoms with van der Waals surface area (Å²) in [5, 5.41) is 15.0. The molecule has 0 radical (unpaired) electrons. The molecule has 0 aliphatic carbocycles. The quantitative estimate of drug-likeness (QED) is 0.769. The molecule has 0 aliphatic heterocycles. The molecule has 4 nitrogen and oxygen atoms in total. The second-order valence-corrected chi connectivity index (χ2v) is 4.98. The van der Waals surface area contributed by atoms with E-state index in [1.54, 1.807) is 0 Å². The summed E-state index contributed by atoms with van der Waals surface area (Å²) in [5.74, 6) is -0.205. The second-order valence-electron chi connectivity index (χ2n) is 4.98. The van der Waals surface area contributed by atoms with E-state index in [1.807, 2.05) is 49.4 Å². The van der Waals surface area contributed by atoms with Gasteiger partial charge >= 0.3 is 0 Å². The zero-order valence-electron chi connectivity index (χ0n) is 12.2. The maximum absolute atomic E-state index is 11.5. The van der Waals surface area contributed by atoms with Gasteiger partial charge < -0.3 is 15.2 Å². The summed E-state index contributed by atoms with van der Waals surface area (Å²) in [6, 6.07) is 13.8. The third-order valence-corrected chi connectivity index (χ3v) is 3.23. The molecule has 2 rings (SSSR count). The highest BCUT2D eigenvalue weighted by Crippen LogP contribution is 2.19. The Morgan fingerprint density at radius 2 is 2.00 bits per heavy atom. The largest absolute Gasteiger partial charge is 0.387 e. The minimum atomic E-state index is -0.718. The highest BCUT2D eigenvalue weighted by atomic mass is 16.5. The van der Waals surface area contributed by atoms with Crippen LogP contribution in [0.1, 0.15) is 25.0 Å². The fraction of sp³-hybridized carbons (Fsp3) is 0.353. The lowest BCUT2D eigenvalue weighted by molar-refractivity contribution is -0.126. The number of hydrogen-bond acceptors (Lipinski definition) is 3. The number of rotatable bonds is 7. The molecule has 4 heteroatoms. The van der Waals surface area contributed by atoms with Crippen LogP contribution in [0.25, 0.3) is 10.8 Å². The summed E-state index contributed by atoms with van der Waals surface area (Å²) in [6.07, 6.45) is 0.164. The molecule has 2 aromatic carbocycles. The molecular formula is C17H21NO3. The lowest BCUT2D eigenvalue weighted by atomic mass is 10.0. The minimum absolute atomic E-state index is 0.0400. The smallest absolute Gasteiger partial charge is 0.246 e. The molecule has 0 bridgehead atoms. The maximum Gasteiger partial charge on any atom is 0.246 e. The number of benzene rings is 2. The van der Waals surface area contributed by atoms with E-state index in [0.29, 0.717) is 6.61 Å². The van der Waals surface area contributed by atoms with E-state index < -0.39 is 6.10 Å². The van der Waals surface area contributed by atoms with Crippen LogP contribution in [0, 0.1) is 0 Å². The molecule has 0 heterocycles. The van der Waals surface area contributed by atoms with Crippen molar-refractivity contribution in [1.82, 2.24) is 5.32 Å². The molecule has 0 aromatic heterocycles. The molecule has 1 amide bonds. The van der Waals surface area contributed by atoms with E-state index in [-0.39, 0.29) is 19.1 Å². The van der Waals surface area contributed by atoms with Crippen molar-refractivity contribution in [2.75, 3.05) is 19.8 Å². The highest BCUT2D eigenvalue weighted by molar-refractivity contribution is 5.83. The molecule has 0 saturated carbocycles. The average Bonchev–Trinajstić information content (AvgIpc) is 2.52. The number of ether oxygens (including phenoxy) is 1. The molecule has 2 aromatic rings. The van der Waals surface area contributed by atoms with E-state index in [9.17, 15) is 9.90 Å². The van der Waals surface area contributed by atoms with Crippen molar-refractivity contribution in [3.8, 4) is 0 Å². The first-order chi connectivity index (χ1) is 10.2. The van der Waals surface area contributed by atoms with Crippen molar-refractivity contribution in [1.29, 1.82) is 0 Å². The lowest BCUT2D eigenvalue weighted by Gasteiger charge is -2.13. The molecule has 0 fully saturated rings. The van der Waals surface area contributed by atoms with Crippen molar-refractivity contribution < 1.29 is 14.6 Å². The van der Waals surface area contributed by atoms with Crippen molar-refractivity contribution in [3.63, 3.8) is 0 Å². The van der Waals surface area contributed by atoms with Gasteiger partial charge in [-0.15, -0.1) is 0 Å². The Hall–Kier alpha value is -1.91. The molecular weight excluding hydrogens is 266 g/mol. The third kappa shape index (κ3) is 4.55. The van der Waals surface area contributed by atoms with Crippen LogP contribution in [0.3, 0.4) is 0 Å². The molecule has 2 N–H and O–H groups in total. The molecule has 0 aliphatic rings. The van der Waals surface area contributed by atoms with Crippen molar-refractivity contribution in [3.05, 3.63) is 48.0 Å². The summed E-state index contributed by atoms with van der Waals surface area (Å²) in [4.78, 5) is 11.5. The zero-order valence-corrected chi connectivity index (χ0v) is 12.2. The Morgan fingerprint density at radius 3 is 2.76 bits per heavy atom.